The van der Waals surface area contributed by atoms with Gasteiger partial charge in [-0.05, 0) is 38.3 Å². The zero-order chi connectivity index (χ0) is 19.8. The molecule has 0 bridgehead atoms. The molecule has 1 aliphatic rings. The van der Waals surface area contributed by atoms with Gasteiger partial charge < -0.3 is 15.7 Å². The molecule has 1 aliphatic carbocycles. The number of aliphatic carboxylic acids is 1. The van der Waals surface area contributed by atoms with E-state index in [-0.39, 0.29) is 37.0 Å². The largest absolute Gasteiger partial charge is 0.480 e. The molecule has 0 atom stereocenters. The Kier molecular flexibility index (Phi) is 7.79. The van der Waals surface area contributed by atoms with Gasteiger partial charge >= 0.3 is 5.97 Å². The quantitative estimate of drug-likeness (QED) is 0.569. The second-order valence-electron chi connectivity index (χ2n) is 7.11. The van der Waals surface area contributed by atoms with Crippen molar-refractivity contribution in [3.63, 3.8) is 0 Å². The zero-order valence-corrected chi connectivity index (χ0v) is 16.0. The van der Waals surface area contributed by atoms with Crippen molar-refractivity contribution >= 4 is 17.8 Å². The van der Waals surface area contributed by atoms with E-state index in [0.717, 1.165) is 18.4 Å². The van der Waals surface area contributed by atoms with Crippen LogP contribution in [-0.4, -0.2) is 59.5 Å². The number of hydrogen-bond acceptors (Lipinski definition) is 4. The van der Waals surface area contributed by atoms with E-state index in [0.29, 0.717) is 19.4 Å². The summed E-state index contributed by atoms with van der Waals surface area (Å²) in [6.07, 6.45) is 2.49. The van der Waals surface area contributed by atoms with Crippen LogP contribution >= 0.6 is 0 Å². The third-order valence-electron chi connectivity index (χ3n) is 4.95. The van der Waals surface area contributed by atoms with Crippen LogP contribution in [0.1, 0.15) is 37.3 Å². The van der Waals surface area contributed by atoms with Gasteiger partial charge in [-0.1, -0.05) is 36.8 Å². The van der Waals surface area contributed by atoms with Crippen LogP contribution in [0.5, 0.6) is 0 Å². The summed E-state index contributed by atoms with van der Waals surface area (Å²) in [5.74, 6) is -1.18. The Labute approximate surface area is 160 Å². The van der Waals surface area contributed by atoms with Gasteiger partial charge in [0.25, 0.3) is 0 Å². The Bertz CT molecular complexity index is 654. The van der Waals surface area contributed by atoms with Crippen LogP contribution < -0.4 is 10.6 Å². The molecule has 0 unspecified atom stereocenters. The van der Waals surface area contributed by atoms with Crippen LogP contribution in [0, 0.1) is 6.92 Å². The molecule has 3 N–H and O–H groups in total. The minimum absolute atomic E-state index is 0.0267. The molecule has 1 fully saturated rings. The molecule has 2 rings (SSSR count). The fourth-order valence-corrected chi connectivity index (χ4v) is 3.24. The fraction of sp³-hybridized carbons (Fsp3) is 0.550. The lowest BCUT2D eigenvalue weighted by Crippen LogP contribution is -2.55. The lowest BCUT2D eigenvalue weighted by Gasteiger charge is -2.42. The maximum absolute atomic E-state index is 12.0. The van der Waals surface area contributed by atoms with Crippen molar-refractivity contribution in [2.75, 3.05) is 19.6 Å². The topological polar surface area (TPSA) is 98.7 Å². The minimum Gasteiger partial charge on any atom is -0.480 e. The van der Waals surface area contributed by atoms with E-state index in [1.165, 1.54) is 5.56 Å². The Balaban J connectivity index is 1.60. The molecule has 1 aromatic carbocycles. The molecule has 7 heteroatoms. The molecule has 0 aromatic heterocycles. The Morgan fingerprint density at radius 1 is 1.15 bits per heavy atom. The van der Waals surface area contributed by atoms with Gasteiger partial charge in [0, 0.05) is 18.5 Å². The second kappa shape index (κ2) is 10.1. The predicted octanol–water partition coefficient (Wildman–Crippen LogP) is 1.10. The first-order valence-electron chi connectivity index (χ1n) is 9.44. The number of benzene rings is 1. The summed E-state index contributed by atoms with van der Waals surface area (Å²) < 4.78 is 0. The molecule has 148 valence electrons. The van der Waals surface area contributed by atoms with Crippen LogP contribution in [0.4, 0.5) is 0 Å². The van der Waals surface area contributed by atoms with Crippen molar-refractivity contribution in [2.45, 2.75) is 51.6 Å². The van der Waals surface area contributed by atoms with Crippen LogP contribution in [0.25, 0.3) is 0 Å². The van der Waals surface area contributed by atoms with Crippen LogP contribution in [0.2, 0.25) is 0 Å². The summed E-state index contributed by atoms with van der Waals surface area (Å²) in [5.41, 5.74) is 2.28. The van der Waals surface area contributed by atoms with Crippen molar-refractivity contribution in [3.8, 4) is 0 Å². The number of carbonyl (C=O) groups excluding carboxylic acids is 2. The standard InChI is InChI=1S/C20H29N3O4/c1-3-23(13-20(26)27)17-10-16(11-17)22-19(25)12-21-18(24)9-8-15-6-4-14(2)5-7-15/h4-7,16-17H,3,8-13H2,1-2H3,(H,21,24)(H,22,25)(H,26,27). The van der Waals surface area contributed by atoms with Gasteiger partial charge in [-0.15, -0.1) is 0 Å². The summed E-state index contributed by atoms with van der Waals surface area (Å²) in [6.45, 7) is 4.63. The average molecular weight is 375 g/mol. The number of nitrogens with zero attached hydrogens (tertiary/aromatic N) is 1. The van der Waals surface area contributed by atoms with E-state index in [2.05, 4.69) is 10.6 Å². The predicted molar refractivity (Wildman–Crippen MR) is 102 cm³/mol. The minimum atomic E-state index is -0.835. The molecule has 0 saturated heterocycles. The molecule has 7 nitrogen and oxygen atoms in total. The molecule has 1 aromatic rings. The molecule has 0 spiro atoms. The smallest absolute Gasteiger partial charge is 0.317 e. The maximum Gasteiger partial charge on any atom is 0.317 e. The van der Waals surface area contributed by atoms with Crippen molar-refractivity contribution in [3.05, 3.63) is 35.4 Å². The summed E-state index contributed by atoms with van der Waals surface area (Å²) in [7, 11) is 0. The van der Waals surface area contributed by atoms with Crippen LogP contribution in [0.15, 0.2) is 24.3 Å². The molecule has 27 heavy (non-hydrogen) atoms. The van der Waals surface area contributed by atoms with E-state index in [4.69, 9.17) is 5.11 Å². The van der Waals surface area contributed by atoms with Crippen molar-refractivity contribution < 1.29 is 19.5 Å². The Morgan fingerprint density at radius 3 is 2.41 bits per heavy atom. The van der Waals surface area contributed by atoms with Gasteiger partial charge in [-0.3, -0.25) is 19.3 Å². The molecule has 0 radical (unpaired) electrons. The number of carboxylic acids is 1. The SMILES string of the molecule is CCN(CC(=O)O)C1CC(NC(=O)CNC(=O)CCc2ccc(C)cc2)C1. The number of hydrogen-bond donors (Lipinski definition) is 3. The van der Waals surface area contributed by atoms with Crippen molar-refractivity contribution in [1.82, 2.24) is 15.5 Å². The Morgan fingerprint density at radius 2 is 1.81 bits per heavy atom. The first-order valence-corrected chi connectivity index (χ1v) is 9.44. The second-order valence-corrected chi connectivity index (χ2v) is 7.11. The van der Waals surface area contributed by atoms with Gasteiger partial charge in [0.1, 0.15) is 0 Å². The highest BCUT2D eigenvalue weighted by Gasteiger charge is 2.34. The van der Waals surface area contributed by atoms with Crippen LogP contribution in [0.3, 0.4) is 0 Å². The number of amides is 2. The summed E-state index contributed by atoms with van der Waals surface area (Å²) in [4.78, 5) is 36.6. The highest BCUT2D eigenvalue weighted by Crippen LogP contribution is 2.25. The van der Waals surface area contributed by atoms with Gasteiger partial charge in [0.15, 0.2) is 0 Å². The lowest BCUT2D eigenvalue weighted by atomic mass is 9.85. The number of likely N-dealkylation sites (N-methyl/N-ethyl adjacent to an activating group) is 1. The normalized spacial score (nSPS) is 18.6. The summed E-state index contributed by atoms with van der Waals surface area (Å²) in [6, 6.07) is 8.29. The molecular weight excluding hydrogens is 346 g/mol. The monoisotopic (exact) mass is 375 g/mol. The van der Waals surface area contributed by atoms with Crippen molar-refractivity contribution in [1.29, 1.82) is 0 Å². The third-order valence-corrected chi connectivity index (χ3v) is 4.95. The molecular formula is C20H29N3O4. The highest BCUT2D eigenvalue weighted by molar-refractivity contribution is 5.84. The van der Waals surface area contributed by atoms with E-state index < -0.39 is 5.97 Å². The number of carbonyl (C=O) groups is 3. The molecule has 0 heterocycles. The first kappa shape index (κ1) is 20.9. The fourth-order valence-electron chi connectivity index (χ4n) is 3.24. The van der Waals surface area contributed by atoms with Crippen LogP contribution in [-0.2, 0) is 20.8 Å². The molecule has 0 aliphatic heterocycles. The molecule has 1 saturated carbocycles. The van der Waals surface area contributed by atoms with Crippen molar-refractivity contribution in [2.24, 2.45) is 0 Å². The average Bonchev–Trinajstić information content (AvgIpc) is 2.60. The van der Waals surface area contributed by atoms with E-state index in [1.807, 2.05) is 43.0 Å². The highest BCUT2D eigenvalue weighted by atomic mass is 16.4. The Hall–Kier alpha value is -2.41. The molecule has 2 amide bonds. The third kappa shape index (κ3) is 7.02. The number of aryl methyl sites for hydroxylation is 2. The van der Waals surface area contributed by atoms with E-state index in [9.17, 15) is 14.4 Å². The maximum atomic E-state index is 12.0. The zero-order valence-electron chi connectivity index (χ0n) is 16.0. The van der Waals surface area contributed by atoms with E-state index >= 15 is 0 Å². The number of rotatable bonds is 10. The summed E-state index contributed by atoms with van der Waals surface area (Å²) >= 11 is 0. The van der Waals surface area contributed by atoms with E-state index in [1.54, 1.807) is 0 Å². The number of nitrogens with one attached hydrogen (secondary N) is 2. The summed E-state index contributed by atoms with van der Waals surface area (Å²) in [5, 5.41) is 14.4. The van der Waals surface area contributed by atoms with Gasteiger partial charge in [0.05, 0.1) is 13.1 Å². The van der Waals surface area contributed by atoms with Gasteiger partial charge in [-0.25, -0.2) is 0 Å². The number of carboxylic acid groups (broad SMARTS) is 1. The lowest BCUT2D eigenvalue weighted by molar-refractivity contribution is -0.139. The van der Waals surface area contributed by atoms with Gasteiger partial charge in [0.2, 0.25) is 11.8 Å². The first-order chi connectivity index (χ1) is 12.9. The van der Waals surface area contributed by atoms with Gasteiger partial charge in [-0.2, -0.15) is 0 Å².